The molecule has 2 aromatic rings. The fourth-order valence-electron chi connectivity index (χ4n) is 3.15. The molecule has 0 spiro atoms. The molecule has 2 atom stereocenters. The quantitative estimate of drug-likeness (QED) is 0.776. The van der Waals surface area contributed by atoms with Crippen LogP contribution in [-0.2, 0) is 26.8 Å². The lowest BCUT2D eigenvalue weighted by Crippen LogP contribution is -2.33. The van der Waals surface area contributed by atoms with Crippen LogP contribution in [0, 0.1) is 6.92 Å². The van der Waals surface area contributed by atoms with Gasteiger partial charge < -0.3 is 10.6 Å². The molecule has 0 fully saturated rings. The molecule has 0 aromatic heterocycles. The number of aryl methyl sites for hydroxylation is 2. The van der Waals surface area contributed by atoms with E-state index in [1.807, 2.05) is 25.1 Å². The summed E-state index contributed by atoms with van der Waals surface area (Å²) in [6.07, 6.45) is 1.76. The SMILES string of the molecule is Cc1ccc(NC(=O)CS(=O)CC(=O)NC2CCc3ccccc32)cc1Cl. The van der Waals surface area contributed by atoms with Crippen LogP contribution in [0.4, 0.5) is 5.69 Å². The van der Waals surface area contributed by atoms with E-state index in [9.17, 15) is 13.8 Å². The Bertz CT molecular complexity index is 901. The Labute approximate surface area is 166 Å². The lowest BCUT2D eigenvalue weighted by molar-refractivity contribution is -0.119. The van der Waals surface area contributed by atoms with Crippen molar-refractivity contribution in [1.82, 2.24) is 5.32 Å². The highest BCUT2D eigenvalue weighted by molar-refractivity contribution is 7.86. The first kappa shape index (κ1) is 19.6. The molecule has 1 aliphatic rings. The van der Waals surface area contributed by atoms with Gasteiger partial charge in [-0.15, -0.1) is 0 Å². The first-order chi connectivity index (χ1) is 12.9. The van der Waals surface area contributed by atoms with Crippen molar-refractivity contribution in [3.63, 3.8) is 0 Å². The van der Waals surface area contributed by atoms with Crippen LogP contribution in [0.1, 0.15) is 29.2 Å². The van der Waals surface area contributed by atoms with E-state index in [4.69, 9.17) is 11.6 Å². The fourth-order valence-corrected chi connectivity index (χ4v) is 4.18. The number of nitrogens with one attached hydrogen (secondary N) is 2. The van der Waals surface area contributed by atoms with E-state index in [1.54, 1.807) is 18.2 Å². The molecule has 0 aliphatic heterocycles. The first-order valence-corrected chi connectivity index (χ1v) is 10.6. The van der Waals surface area contributed by atoms with Crippen LogP contribution in [0.15, 0.2) is 42.5 Å². The molecule has 0 radical (unpaired) electrons. The molecular weight excluding hydrogens is 384 g/mol. The average Bonchev–Trinajstić information content (AvgIpc) is 3.01. The number of rotatable bonds is 6. The van der Waals surface area contributed by atoms with Crippen molar-refractivity contribution < 1.29 is 13.8 Å². The van der Waals surface area contributed by atoms with E-state index < -0.39 is 16.7 Å². The Kier molecular flexibility index (Phi) is 6.29. The highest BCUT2D eigenvalue weighted by Crippen LogP contribution is 2.30. The number of hydrogen-bond donors (Lipinski definition) is 2. The van der Waals surface area contributed by atoms with Gasteiger partial charge in [-0.1, -0.05) is 41.9 Å². The molecule has 1 aliphatic carbocycles. The van der Waals surface area contributed by atoms with Gasteiger partial charge in [0, 0.05) is 21.5 Å². The number of amides is 2. The summed E-state index contributed by atoms with van der Waals surface area (Å²) in [6, 6.07) is 13.1. The summed E-state index contributed by atoms with van der Waals surface area (Å²) >= 11 is 6.02. The number of benzene rings is 2. The van der Waals surface area contributed by atoms with Gasteiger partial charge in [-0.25, -0.2) is 0 Å². The van der Waals surface area contributed by atoms with Crippen LogP contribution >= 0.6 is 11.6 Å². The van der Waals surface area contributed by atoms with E-state index in [-0.39, 0.29) is 23.5 Å². The minimum atomic E-state index is -1.58. The number of hydrogen-bond acceptors (Lipinski definition) is 3. The summed E-state index contributed by atoms with van der Waals surface area (Å²) < 4.78 is 12.2. The van der Waals surface area contributed by atoms with Gasteiger partial charge in [0.2, 0.25) is 11.8 Å². The van der Waals surface area contributed by atoms with Gasteiger partial charge in [0.05, 0.1) is 6.04 Å². The summed E-state index contributed by atoms with van der Waals surface area (Å²) in [5, 5.41) is 6.12. The van der Waals surface area contributed by atoms with Gasteiger partial charge in [0.1, 0.15) is 11.5 Å². The summed E-state index contributed by atoms with van der Waals surface area (Å²) in [5.74, 6) is -1.14. The van der Waals surface area contributed by atoms with Crippen molar-refractivity contribution in [2.75, 3.05) is 16.8 Å². The Balaban J connectivity index is 1.48. The second-order valence-electron chi connectivity index (χ2n) is 6.60. The van der Waals surface area contributed by atoms with E-state index in [0.717, 1.165) is 24.0 Å². The van der Waals surface area contributed by atoms with Crippen molar-refractivity contribution in [3.8, 4) is 0 Å². The third-order valence-electron chi connectivity index (χ3n) is 4.51. The van der Waals surface area contributed by atoms with Crippen LogP contribution in [0.25, 0.3) is 0 Å². The van der Waals surface area contributed by atoms with Crippen molar-refractivity contribution in [3.05, 3.63) is 64.2 Å². The van der Waals surface area contributed by atoms with Crippen LogP contribution in [0.5, 0.6) is 0 Å². The molecule has 0 bridgehead atoms. The molecule has 3 rings (SSSR count). The fraction of sp³-hybridized carbons (Fsp3) is 0.300. The second-order valence-corrected chi connectivity index (χ2v) is 8.46. The molecule has 2 aromatic carbocycles. The van der Waals surface area contributed by atoms with Gasteiger partial charge >= 0.3 is 0 Å². The summed E-state index contributed by atoms with van der Waals surface area (Å²) in [7, 11) is -1.58. The molecule has 0 saturated heterocycles. The molecule has 2 unspecified atom stereocenters. The largest absolute Gasteiger partial charge is 0.348 e. The van der Waals surface area contributed by atoms with Crippen LogP contribution in [0.3, 0.4) is 0 Å². The summed E-state index contributed by atoms with van der Waals surface area (Å²) in [4.78, 5) is 24.2. The third-order valence-corrected chi connectivity index (χ3v) is 6.08. The normalized spacial score (nSPS) is 16.4. The van der Waals surface area contributed by atoms with Crippen LogP contribution < -0.4 is 10.6 Å². The molecule has 7 heteroatoms. The monoisotopic (exact) mass is 404 g/mol. The van der Waals surface area contributed by atoms with Crippen LogP contribution in [0.2, 0.25) is 5.02 Å². The highest BCUT2D eigenvalue weighted by Gasteiger charge is 2.24. The van der Waals surface area contributed by atoms with Gasteiger partial charge in [0.25, 0.3) is 0 Å². The molecular formula is C20H21ClN2O3S. The molecule has 2 N–H and O–H groups in total. The first-order valence-electron chi connectivity index (χ1n) is 8.70. The molecule has 2 amide bonds. The van der Waals surface area contributed by atoms with Gasteiger partial charge in [-0.05, 0) is 48.6 Å². The van der Waals surface area contributed by atoms with Gasteiger partial charge in [-0.3, -0.25) is 13.8 Å². The van der Waals surface area contributed by atoms with E-state index in [1.165, 1.54) is 5.56 Å². The van der Waals surface area contributed by atoms with Crippen molar-refractivity contribution in [1.29, 1.82) is 0 Å². The molecule has 0 saturated carbocycles. The zero-order chi connectivity index (χ0) is 19.4. The maximum atomic E-state index is 12.2. The Hall–Kier alpha value is -2.18. The maximum absolute atomic E-state index is 12.2. The molecule has 5 nitrogen and oxygen atoms in total. The number of carbonyl (C=O) groups is 2. The summed E-state index contributed by atoms with van der Waals surface area (Å²) in [6.45, 7) is 1.87. The highest BCUT2D eigenvalue weighted by atomic mass is 35.5. The maximum Gasteiger partial charge on any atom is 0.237 e. The van der Waals surface area contributed by atoms with E-state index in [0.29, 0.717) is 10.7 Å². The molecule has 142 valence electrons. The second kappa shape index (κ2) is 8.67. The van der Waals surface area contributed by atoms with Crippen molar-refractivity contribution in [2.45, 2.75) is 25.8 Å². The Morgan fingerprint density at radius 3 is 2.67 bits per heavy atom. The van der Waals surface area contributed by atoms with Gasteiger partial charge in [0.15, 0.2) is 0 Å². The smallest absolute Gasteiger partial charge is 0.237 e. The van der Waals surface area contributed by atoms with Gasteiger partial charge in [-0.2, -0.15) is 0 Å². The van der Waals surface area contributed by atoms with E-state index >= 15 is 0 Å². The third kappa shape index (κ3) is 5.17. The van der Waals surface area contributed by atoms with Crippen LogP contribution in [-0.4, -0.2) is 27.5 Å². The predicted molar refractivity (Wildman–Crippen MR) is 108 cm³/mol. The van der Waals surface area contributed by atoms with Crippen molar-refractivity contribution in [2.24, 2.45) is 0 Å². The summed E-state index contributed by atoms with van der Waals surface area (Å²) in [5.41, 5.74) is 3.80. The number of fused-ring (bicyclic) bond motifs is 1. The minimum absolute atomic E-state index is 0.0470. The predicted octanol–water partition coefficient (Wildman–Crippen LogP) is 3.14. The standard InChI is InChI=1S/C20H21ClN2O3S/c1-13-6-8-15(10-17(13)21)22-19(24)11-27(26)12-20(25)23-18-9-7-14-4-2-3-5-16(14)18/h2-6,8,10,18H,7,9,11-12H2,1H3,(H,22,24)(H,23,25). The zero-order valence-corrected chi connectivity index (χ0v) is 16.5. The lowest BCUT2D eigenvalue weighted by Gasteiger charge is -2.14. The number of anilines is 1. The lowest BCUT2D eigenvalue weighted by atomic mass is 10.1. The molecule has 27 heavy (non-hydrogen) atoms. The number of carbonyl (C=O) groups excluding carboxylic acids is 2. The Morgan fingerprint density at radius 1 is 1.15 bits per heavy atom. The average molecular weight is 405 g/mol. The minimum Gasteiger partial charge on any atom is -0.348 e. The van der Waals surface area contributed by atoms with Crippen molar-refractivity contribution >= 4 is 39.9 Å². The van der Waals surface area contributed by atoms with E-state index in [2.05, 4.69) is 16.7 Å². The molecule has 0 heterocycles. The Morgan fingerprint density at radius 2 is 1.89 bits per heavy atom. The number of halogens is 1. The topological polar surface area (TPSA) is 75.3 Å². The zero-order valence-electron chi connectivity index (χ0n) is 15.0.